The molecule has 0 fully saturated rings. The van der Waals surface area contributed by atoms with Crippen molar-refractivity contribution >= 4 is 22.0 Å². The van der Waals surface area contributed by atoms with Crippen LogP contribution in [-0.4, -0.2) is 11.7 Å². The average molecular weight is 227 g/mol. The van der Waals surface area contributed by atoms with Crippen molar-refractivity contribution in [3.05, 3.63) is 40.4 Å². The van der Waals surface area contributed by atoms with E-state index in [9.17, 15) is 0 Å². The molecule has 1 nitrogen and oxygen atoms in total. The summed E-state index contributed by atoms with van der Waals surface area (Å²) >= 11 is 3.39. The summed E-state index contributed by atoms with van der Waals surface area (Å²) in [7, 11) is 0. The van der Waals surface area contributed by atoms with Crippen LogP contribution < -0.4 is 0 Å². The van der Waals surface area contributed by atoms with E-state index >= 15 is 0 Å². The van der Waals surface area contributed by atoms with E-state index in [4.69, 9.17) is 5.11 Å². The van der Waals surface area contributed by atoms with Crippen molar-refractivity contribution in [2.75, 3.05) is 6.61 Å². The van der Waals surface area contributed by atoms with Gasteiger partial charge in [0.15, 0.2) is 0 Å². The van der Waals surface area contributed by atoms with E-state index in [0.29, 0.717) is 6.42 Å². The molecule has 0 aliphatic carbocycles. The fraction of sp³-hybridized carbons (Fsp3) is 0.200. The normalized spacial score (nSPS) is 10.8. The van der Waals surface area contributed by atoms with Crippen molar-refractivity contribution in [3.8, 4) is 0 Å². The fourth-order valence-electron chi connectivity index (χ4n) is 0.904. The maximum atomic E-state index is 8.54. The molecule has 0 aromatic heterocycles. The van der Waals surface area contributed by atoms with Crippen LogP contribution in [0.15, 0.2) is 34.8 Å². The molecule has 1 aromatic carbocycles. The summed E-state index contributed by atoms with van der Waals surface area (Å²) in [6.45, 7) is 0.213. The Hall–Kier alpha value is -0.600. The second-order valence-electron chi connectivity index (χ2n) is 2.47. The van der Waals surface area contributed by atoms with Crippen LogP contribution in [0.3, 0.4) is 0 Å². The van der Waals surface area contributed by atoms with Crippen LogP contribution >= 0.6 is 15.9 Å². The van der Waals surface area contributed by atoms with Gasteiger partial charge in [0.25, 0.3) is 0 Å². The van der Waals surface area contributed by atoms with Gasteiger partial charge in [0.05, 0.1) is 0 Å². The minimum atomic E-state index is 0.213. The Balaban J connectivity index is 2.63. The first kappa shape index (κ1) is 9.49. The zero-order valence-corrected chi connectivity index (χ0v) is 8.29. The zero-order valence-electron chi connectivity index (χ0n) is 6.70. The van der Waals surface area contributed by atoms with Crippen LogP contribution in [0.2, 0.25) is 0 Å². The number of rotatable bonds is 3. The van der Waals surface area contributed by atoms with E-state index in [-0.39, 0.29) is 6.61 Å². The van der Waals surface area contributed by atoms with Crippen LogP contribution in [0.1, 0.15) is 12.0 Å². The third kappa shape index (κ3) is 3.20. The Bertz CT molecular complexity index is 268. The molecule has 0 atom stereocenters. The first-order valence-corrected chi connectivity index (χ1v) is 4.65. The summed E-state index contributed by atoms with van der Waals surface area (Å²) in [5, 5.41) is 8.54. The molecule has 0 unspecified atom stereocenters. The summed E-state index contributed by atoms with van der Waals surface area (Å²) in [4.78, 5) is 0. The number of hydrogen-bond acceptors (Lipinski definition) is 1. The van der Waals surface area contributed by atoms with E-state index < -0.39 is 0 Å². The van der Waals surface area contributed by atoms with Gasteiger partial charge in [-0.2, -0.15) is 0 Å². The van der Waals surface area contributed by atoms with Crippen LogP contribution in [0.5, 0.6) is 0 Å². The molecule has 0 saturated heterocycles. The minimum Gasteiger partial charge on any atom is -0.396 e. The minimum absolute atomic E-state index is 0.213. The second-order valence-corrected chi connectivity index (χ2v) is 3.39. The van der Waals surface area contributed by atoms with Gasteiger partial charge in [0, 0.05) is 11.1 Å². The lowest BCUT2D eigenvalue weighted by Gasteiger charge is -1.93. The monoisotopic (exact) mass is 226 g/mol. The zero-order chi connectivity index (χ0) is 8.81. The van der Waals surface area contributed by atoms with Crippen molar-refractivity contribution in [1.82, 2.24) is 0 Å². The van der Waals surface area contributed by atoms with E-state index in [1.165, 1.54) is 0 Å². The lowest BCUT2D eigenvalue weighted by molar-refractivity contribution is 0.303. The van der Waals surface area contributed by atoms with Gasteiger partial charge in [0.2, 0.25) is 0 Å². The van der Waals surface area contributed by atoms with Gasteiger partial charge in [-0.15, -0.1) is 0 Å². The summed E-state index contributed by atoms with van der Waals surface area (Å²) < 4.78 is 1.08. The first-order valence-electron chi connectivity index (χ1n) is 3.86. The topological polar surface area (TPSA) is 20.2 Å². The van der Waals surface area contributed by atoms with Crippen LogP contribution in [0.4, 0.5) is 0 Å². The molecule has 2 heteroatoms. The molecule has 64 valence electrons. The molecule has 12 heavy (non-hydrogen) atoms. The number of benzene rings is 1. The maximum absolute atomic E-state index is 8.54. The largest absolute Gasteiger partial charge is 0.396 e. The van der Waals surface area contributed by atoms with Crippen LogP contribution in [0.25, 0.3) is 6.08 Å². The smallest absolute Gasteiger partial charge is 0.0465 e. The highest BCUT2D eigenvalue weighted by atomic mass is 79.9. The van der Waals surface area contributed by atoms with Gasteiger partial charge in [-0.1, -0.05) is 40.2 Å². The van der Waals surface area contributed by atoms with Gasteiger partial charge in [0.1, 0.15) is 0 Å². The molecule has 0 bridgehead atoms. The first-order chi connectivity index (χ1) is 5.83. The highest BCUT2D eigenvalue weighted by Crippen LogP contribution is 2.12. The number of hydrogen-bond donors (Lipinski definition) is 1. The third-order valence-electron chi connectivity index (χ3n) is 1.45. The quantitative estimate of drug-likeness (QED) is 0.841. The Morgan fingerprint density at radius 1 is 1.42 bits per heavy atom. The molecule has 1 aromatic rings. The molecular formula is C10H11BrO. The Labute approximate surface area is 80.9 Å². The van der Waals surface area contributed by atoms with Crippen molar-refractivity contribution in [2.45, 2.75) is 6.42 Å². The molecule has 0 aliphatic rings. The molecule has 1 N–H and O–H groups in total. The van der Waals surface area contributed by atoms with Crippen LogP contribution in [-0.2, 0) is 0 Å². The molecule has 1 rings (SSSR count). The van der Waals surface area contributed by atoms with Gasteiger partial charge in [-0.3, -0.25) is 0 Å². The molecule has 0 spiro atoms. The highest BCUT2D eigenvalue weighted by Gasteiger charge is 1.87. The number of halogens is 1. The molecular weight excluding hydrogens is 216 g/mol. The fourth-order valence-corrected chi connectivity index (χ4v) is 1.32. The van der Waals surface area contributed by atoms with Gasteiger partial charge >= 0.3 is 0 Å². The van der Waals surface area contributed by atoms with E-state index in [2.05, 4.69) is 15.9 Å². The summed E-state index contributed by atoms with van der Waals surface area (Å²) in [5.41, 5.74) is 1.15. The molecule has 0 radical (unpaired) electrons. The van der Waals surface area contributed by atoms with Crippen molar-refractivity contribution in [2.24, 2.45) is 0 Å². The summed E-state index contributed by atoms with van der Waals surface area (Å²) in [5.74, 6) is 0. The summed E-state index contributed by atoms with van der Waals surface area (Å²) in [6.07, 6.45) is 4.68. The third-order valence-corrected chi connectivity index (χ3v) is 1.95. The van der Waals surface area contributed by atoms with E-state index in [1.807, 2.05) is 36.4 Å². The highest BCUT2D eigenvalue weighted by molar-refractivity contribution is 9.10. The second kappa shape index (κ2) is 5.12. The standard InChI is InChI=1S/C10H11BrO/c11-10-6-3-5-9(8-10)4-1-2-7-12/h1,3-6,8,12H,2,7H2. The molecule has 0 heterocycles. The Morgan fingerprint density at radius 3 is 2.92 bits per heavy atom. The Morgan fingerprint density at radius 2 is 2.25 bits per heavy atom. The van der Waals surface area contributed by atoms with Crippen molar-refractivity contribution in [1.29, 1.82) is 0 Å². The van der Waals surface area contributed by atoms with Gasteiger partial charge in [-0.25, -0.2) is 0 Å². The predicted octanol–water partition coefficient (Wildman–Crippen LogP) is 2.84. The van der Waals surface area contributed by atoms with Crippen molar-refractivity contribution < 1.29 is 5.11 Å². The number of aliphatic hydroxyl groups excluding tert-OH is 1. The molecule has 0 amide bonds. The predicted molar refractivity (Wildman–Crippen MR) is 54.9 cm³/mol. The van der Waals surface area contributed by atoms with Gasteiger partial charge in [-0.05, 0) is 24.1 Å². The average Bonchev–Trinajstić information content (AvgIpc) is 2.05. The summed E-state index contributed by atoms with van der Waals surface area (Å²) in [6, 6.07) is 8.04. The lowest BCUT2D eigenvalue weighted by Crippen LogP contribution is -1.76. The SMILES string of the molecule is OCCC=Cc1cccc(Br)c1. The lowest BCUT2D eigenvalue weighted by atomic mass is 10.2. The van der Waals surface area contributed by atoms with Crippen molar-refractivity contribution in [3.63, 3.8) is 0 Å². The van der Waals surface area contributed by atoms with Crippen LogP contribution in [0, 0.1) is 0 Å². The number of aliphatic hydroxyl groups is 1. The van der Waals surface area contributed by atoms with E-state index in [0.717, 1.165) is 10.0 Å². The van der Waals surface area contributed by atoms with E-state index in [1.54, 1.807) is 0 Å². The molecule has 0 aliphatic heterocycles. The maximum Gasteiger partial charge on any atom is 0.0465 e. The molecule has 0 saturated carbocycles. The Kier molecular flexibility index (Phi) is 4.05. The van der Waals surface area contributed by atoms with Gasteiger partial charge < -0.3 is 5.11 Å².